The maximum Gasteiger partial charge on any atom is 0.282 e. The highest BCUT2D eigenvalue weighted by Crippen LogP contribution is 2.36. The number of carbonyl (C=O) groups excluding carboxylic acids is 2. The first kappa shape index (κ1) is 28.7. The molecule has 11 heteroatoms. The lowest BCUT2D eigenvalue weighted by molar-refractivity contribution is 0.0616. The summed E-state index contributed by atoms with van der Waals surface area (Å²) in [4.78, 5) is 34.2. The third-order valence-corrected chi connectivity index (χ3v) is 8.65. The lowest BCUT2D eigenvalue weighted by Gasteiger charge is -2.31. The number of halogens is 3. The first-order valence-corrected chi connectivity index (χ1v) is 15.0. The van der Waals surface area contributed by atoms with Gasteiger partial charge in [0.15, 0.2) is 5.15 Å². The average molecular weight is 625 g/mol. The molecule has 2 amide bonds. The van der Waals surface area contributed by atoms with Crippen molar-refractivity contribution < 1.29 is 14.3 Å². The number of hydrazone groups is 1. The molecule has 1 saturated heterocycles. The number of amides is 2. The van der Waals surface area contributed by atoms with Crippen LogP contribution in [0.25, 0.3) is 10.8 Å². The molecule has 0 bridgehead atoms. The van der Waals surface area contributed by atoms with Crippen molar-refractivity contribution >= 4 is 69.3 Å². The number of benzene rings is 3. The van der Waals surface area contributed by atoms with Crippen molar-refractivity contribution in [2.24, 2.45) is 5.10 Å². The molecule has 3 aromatic carbocycles. The number of nitrogens with zero attached hydrogens (tertiary/aromatic N) is 5. The Morgan fingerprint density at radius 1 is 0.976 bits per heavy atom. The molecule has 216 valence electrons. The molecule has 2 aliphatic heterocycles. The van der Waals surface area contributed by atoms with Crippen LogP contribution in [0, 0.1) is 0 Å². The Morgan fingerprint density at radius 2 is 1.74 bits per heavy atom. The maximum absolute atomic E-state index is 13.7. The van der Waals surface area contributed by atoms with Gasteiger partial charge in [-0.2, -0.15) is 10.1 Å². The summed E-state index contributed by atoms with van der Waals surface area (Å²) in [5.74, 6) is -0.214. The number of aromatic nitrogens is 2. The van der Waals surface area contributed by atoms with Crippen molar-refractivity contribution in [2.45, 2.75) is 32.7 Å². The average Bonchev–Trinajstić information content (AvgIpc) is 3.29. The van der Waals surface area contributed by atoms with Gasteiger partial charge < -0.3 is 14.2 Å². The monoisotopic (exact) mass is 623 g/mol. The van der Waals surface area contributed by atoms with Crippen LogP contribution in [-0.2, 0) is 17.7 Å². The minimum Gasteiger partial charge on any atom is -0.378 e. The van der Waals surface area contributed by atoms with Crippen molar-refractivity contribution in [2.75, 3.05) is 31.2 Å². The standard InChI is InChI=1S/C31H28Cl3N5O3/c1-2-3-7-27-36-29(34)26(38(27)18-19-8-10-23(32)24(33)16-19)17-35-39-30(40)21-6-4-5-20-25(37-12-14-42-15-13-37)11-9-22(28(20)21)31(39)41/h4-6,8-11,16-17H,2-3,7,12-15,18H2,1H3/b35-17+. The summed E-state index contributed by atoms with van der Waals surface area (Å²) in [6, 6.07) is 14.6. The van der Waals surface area contributed by atoms with E-state index < -0.39 is 11.8 Å². The quantitative estimate of drug-likeness (QED) is 0.158. The third kappa shape index (κ3) is 5.28. The van der Waals surface area contributed by atoms with E-state index in [1.807, 2.05) is 28.8 Å². The smallest absolute Gasteiger partial charge is 0.282 e. The molecule has 0 saturated carbocycles. The van der Waals surface area contributed by atoms with Gasteiger partial charge in [-0.3, -0.25) is 9.59 Å². The largest absolute Gasteiger partial charge is 0.378 e. The first-order chi connectivity index (χ1) is 20.4. The molecule has 0 N–H and O–H groups in total. The van der Waals surface area contributed by atoms with Crippen molar-refractivity contribution in [3.05, 3.63) is 91.9 Å². The Balaban J connectivity index is 1.36. The van der Waals surface area contributed by atoms with Crippen molar-refractivity contribution in [3.63, 3.8) is 0 Å². The molecule has 42 heavy (non-hydrogen) atoms. The zero-order chi connectivity index (χ0) is 29.4. The van der Waals surface area contributed by atoms with E-state index in [-0.39, 0.29) is 5.15 Å². The van der Waals surface area contributed by atoms with Gasteiger partial charge in [-0.15, -0.1) is 0 Å². The van der Waals surface area contributed by atoms with E-state index >= 15 is 0 Å². The van der Waals surface area contributed by atoms with E-state index in [0.29, 0.717) is 58.4 Å². The van der Waals surface area contributed by atoms with Crippen LogP contribution in [0.15, 0.2) is 53.6 Å². The van der Waals surface area contributed by atoms with Gasteiger partial charge in [0.1, 0.15) is 11.5 Å². The molecule has 0 atom stereocenters. The van der Waals surface area contributed by atoms with Crippen LogP contribution in [0.2, 0.25) is 15.2 Å². The maximum atomic E-state index is 13.7. The Labute approximate surface area is 258 Å². The predicted molar refractivity (Wildman–Crippen MR) is 166 cm³/mol. The number of imidazole rings is 1. The van der Waals surface area contributed by atoms with Gasteiger partial charge in [0.05, 0.1) is 40.6 Å². The molecule has 4 aromatic rings. The molecule has 1 aromatic heterocycles. The Morgan fingerprint density at radius 3 is 2.48 bits per heavy atom. The van der Waals surface area contributed by atoms with Crippen LogP contribution in [0.3, 0.4) is 0 Å². The highest BCUT2D eigenvalue weighted by molar-refractivity contribution is 6.42. The lowest BCUT2D eigenvalue weighted by atomic mass is 9.93. The van der Waals surface area contributed by atoms with E-state index in [0.717, 1.165) is 53.4 Å². The SMILES string of the molecule is CCCCc1nc(Cl)c(/C=N/N2C(=O)c3cccc4c(N5CCOCC5)ccc(c34)C2=O)n1Cc1ccc(Cl)c(Cl)c1. The first-order valence-electron chi connectivity index (χ1n) is 13.9. The highest BCUT2D eigenvalue weighted by atomic mass is 35.5. The van der Waals surface area contributed by atoms with E-state index in [1.165, 1.54) is 6.21 Å². The summed E-state index contributed by atoms with van der Waals surface area (Å²) in [6.45, 7) is 5.26. The Hall–Kier alpha value is -3.43. The fourth-order valence-electron chi connectivity index (χ4n) is 5.49. The predicted octanol–water partition coefficient (Wildman–Crippen LogP) is 6.85. The molecule has 1 fully saturated rings. The lowest BCUT2D eigenvalue weighted by Crippen LogP contribution is -2.38. The van der Waals surface area contributed by atoms with Crippen LogP contribution in [-0.4, -0.2) is 58.9 Å². The highest BCUT2D eigenvalue weighted by Gasteiger charge is 2.34. The summed E-state index contributed by atoms with van der Waals surface area (Å²) >= 11 is 19.0. The number of rotatable bonds is 8. The summed E-state index contributed by atoms with van der Waals surface area (Å²) < 4.78 is 7.44. The van der Waals surface area contributed by atoms with Crippen molar-refractivity contribution in [1.82, 2.24) is 14.6 Å². The fourth-order valence-corrected chi connectivity index (χ4v) is 6.06. The van der Waals surface area contributed by atoms with Gasteiger partial charge in [0.2, 0.25) is 0 Å². The van der Waals surface area contributed by atoms with Crippen LogP contribution in [0.5, 0.6) is 0 Å². The molecular formula is C31H28Cl3N5O3. The molecule has 3 heterocycles. The second-order valence-electron chi connectivity index (χ2n) is 10.3. The van der Waals surface area contributed by atoms with Crippen LogP contribution < -0.4 is 4.90 Å². The fraction of sp³-hybridized carbons (Fsp3) is 0.290. The molecule has 0 spiro atoms. The number of morpholine rings is 1. The number of unbranched alkanes of at least 4 members (excludes halogenated alkanes) is 1. The molecule has 2 aliphatic rings. The summed E-state index contributed by atoms with van der Waals surface area (Å²) in [5, 5.41) is 7.95. The molecule has 0 radical (unpaired) electrons. The normalized spacial score (nSPS) is 15.4. The minimum absolute atomic E-state index is 0.236. The number of imide groups is 1. The molecular weight excluding hydrogens is 597 g/mol. The molecule has 6 rings (SSSR count). The van der Waals surface area contributed by atoms with Crippen LogP contribution in [0.4, 0.5) is 5.69 Å². The topological polar surface area (TPSA) is 80.0 Å². The van der Waals surface area contributed by atoms with Gasteiger partial charge in [0.25, 0.3) is 11.8 Å². The van der Waals surface area contributed by atoms with E-state index in [2.05, 4.69) is 21.9 Å². The van der Waals surface area contributed by atoms with Crippen LogP contribution >= 0.6 is 34.8 Å². The number of aryl methyl sites for hydroxylation is 1. The molecule has 0 aliphatic carbocycles. The Kier molecular flexibility index (Phi) is 8.23. The van der Waals surface area contributed by atoms with Gasteiger partial charge in [0, 0.05) is 42.5 Å². The van der Waals surface area contributed by atoms with Gasteiger partial charge in [-0.1, -0.05) is 66.3 Å². The number of carbonyl (C=O) groups is 2. The van der Waals surface area contributed by atoms with E-state index in [4.69, 9.17) is 39.5 Å². The second-order valence-corrected chi connectivity index (χ2v) is 11.4. The summed E-state index contributed by atoms with van der Waals surface area (Å²) in [7, 11) is 0. The third-order valence-electron chi connectivity index (χ3n) is 7.63. The molecule has 0 unspecified atom stereocenters. The summed E-state index contributed by atoms with van der Waals surface area (Å²) in [5.41, 5.74) is 3.21. The number of hydrogen-bond acceptors (Lipinski definition) is 6. The minimum atomic E-state index is -0.494. The number of ether oxygens (including phenoxy) is 1. The zero-order valence-corrected chi connectivity index (χ0v) is 25.2. The van der Waals surface area contributed by atoms with E-state index in [9.17, 15) is 9.59 Å². The molecule has 8 nitrogen and oxygen atoms in total. The zero-order valence-electron chi connectivity index (χ0n) is 22.9. The van der Waals surface area contributed by atoms with Crippen LogP contribution in [0.1, 0.15) is 57.6 Å². The number of hydrogen-bond donors (Lipinski definition) is 0. The Bertz CT molecular complexity index is 1710. The van der Waals surface area contributed by atoms with Crippen molar-refractivity contribution in [1.29, 1.82) is 0 Å². The van der Waals surface area contributed by atoms with Gasteiger partial charge in [-0.25, -0.2) is 4.98 Å². The van der Waals surface area contributed by atoms with Gasteiger partial charge in [-0.05, 0) is 42.3 Å². The van der Waals surface area contributed by atoms with E-state index in [1.54, 1.807) is 24.3 Å². The second kappa shape index (κ2) is 12.1. The van der Waals surface area contributed by atoms with Gasteiger partial charge >= 0.3 is 0 Å². The number of anilines is 1. The van der Waals surface area contributed by atoms with Crippen molar-refractivity contribution in [3.8, 4) is 0 Å². The summed E-state index contributed by atoms with van der Waals surface area (Å²) in [6.07, 6.45) is 4.04.